The van der Waals surface area contributed by atoms with Crippen LogP contribution in [0, 0.1) is 5.92 Å². The normalized spacial score (nSPS) is 16.2. The molecule has 0 saturated heterocycles. The van der Waals surface area contributed by atoms with Gasteiger partial charge in [-0.1, -0.05) is 6.07 Å². The zero-order valence-electron chi connectivity index (χ0n) is 10.1. The highest BCUT2D eigenvalue weighted by Crippen LogP contribution is 2.32. The molecule has 1 aliphatic rings. The summed E-state index contributed by atoms with van der Waals surface area (Å²) in [4.78, 5) is 27.3. The number of nitrogens with one attached hydrogen (secondary N) is 1. The lowest BCUT2D eigenvalue weighted by molar-refractivity contribution is -0.139. The van der Waals surface area contributed by atoms with Gasteiger partial charge in [0.25, 0.3) is 5.91 Å². The van der Waals surface area contributed by atoms with Crippen LogP contribution in [0.2, 0.25) is 0 Å². The standard InChI is InChI=1S/C13H13N3O3/c17-12(15-11(13(18)19)8-4-5-8)9-7-16-6-2-1-3-10(16)14-9/h1-3,6-8,11H,4-5H2,(H,15,17)(H,18,19). The quantitative estimate of drug-likeness (QED) is 0.855. The fourth-order valence-corrected chi connectivity index (χ4v) is 2.07. The molecule has 1 aliphatic carbocycles. The van der Waals surface area contributed by atoms with Gasteiger partial charge in [0.1, 0.15) is 17.4 Å². The highest BCUT2D eigenvalue weighted by atomic mass is 16.4. The molecule has 0 aliphatic heterocycles. The predicted molar refractivity (Wildman–Crippen MR) is 66.8 cm³/mol. The number of fused-ring (bicyclic) bond motifs is 1. The van der Waals surface area contributed by atoms with E-state index in [9.17, 15) is 9.59 Å². The minimum Gasteiger partial charge on any atom is -0.480 e. The molecular formula is C13H13N3O3. The number of hydrogen-bond donors (Lipinski definition) is 2. The van der Waals surface area contributed by atoms with E-state index in [-0.39, 0.29) is 11.6 Å². The summed E-state index contributed by atoms with van der Waals surface area (Å²) in [6.45, 7) is 0. The predicted octanol–water partition coefficient (Wildman–Crippen LogP) is 0.927. The average molecular weight is 259 g/mol. The number of hydrogen-bond acceptors (Lipinski definition) is 3. The maximum atomic E-state index is 12.0. The van der Waals surface area contributed by atoms with Gasteiger partial charge in [0.05, 0.1) is 0 Å². The Morgan fingerprint density at radius 2 is 2.21 bits per heavy atom. The molecule has 1 amide bonds. The summed E-state index contributed by atoms with van der Waals surface area (Å²) in [6.07, 6.45) is 5.08. The second kappa shape index (κ2) is 4.38. The van der Waals surface area contributed by atoms with Crippen molar-refractivity contribution in [2.24, 2.45) is 5.92 Å². The van der Waals surface area contributed by atoms with E-state index in [1.807, 2.05) is 12.1 Å². The number of imidazole rings is 1. The van der Waals surface area contributed by atoms with E-state index in [1.165, 1.54) is 0 Å². The smallest absolute Gasteiger partial charge is 0.326 e. The number of aliphatic carboxylic acids is 1. The summed E-state index contributed by atoms with van der Waals surface area (Å²) in [5, 5.41) is 11.6. The second-order valence-corrected chi connectivity index (χ2v) is 4.72. The summed E-state index contributed by atoms with van der Waals surface area (Å²) in [5.41, 5.74) is 0.893. The highest BCUT2D eigenvalue weighted by Gasteiger charge is 2.37. The van der Waals surface area contributed by atoms with E-state index < -0.39 is 17.9 Å². The molecule has 19 heavy (non-hydrogen) atoms. The molecule has 3 rings (SSSR count). The topological polar surface area (TPSA) is 83.7 Å². The zero-order valence-corrected chi connectivity index (χ0v) is 10.1. The summed E-state index contributed by atoms with van der Waals surface area (Å²) in [5.74, 6) is -1.37. The molecule has 6 nitrogen and oxygen atoms in total. The number of carbonyl (C=O) groups is 2. The van der Waals surface area contributed by atoms with E-state index in [0.717, 1.165) is 12.8 Å². The van der Waals surface area contributed by atoms with Crippen molar-refractivity contribution in [2.45, 2.75) is 18.9 Å². The van der Waals surface area contributed by atoms with Gasteiger partial charge in [0.15, 0.2) is 0 Å². The van der Waals surface area contributed by atoms with Crippen LogP contribution in [0.5, 0.6) is 0 Å². The minimum atomic E-state index is -0.986. The highest BCUT2D eigenvalue weighted by molar-refractivity contribution is 5.95. The summed E-state index contributed by atoms with van der Waals surface area (Å²) < 4.78 is 1.72. The van der Waals surface area contributed by atoms with Crippen LogP contribution in [0.3, 0.4) is 0 Å². The first kappa shape index (κ1) is 11.7. The van der Waals surface area contributed by atoms with Gasteiger partial charge in [-0.15, -0.1) is 0 Å². The maximum Gasteiger partial charge on any atom is 0.326 e. The van der Waals surface area contributed by atoms with Gasteiger partial charge in [-0.05, 0) is 30.9 Å². The molecule has 2 aromatic heterocycles. The molecule has 0 bridgehead atoms. The number of aromatic nitrogens is 2. The Morgan fingerprint density at radius 3 is 2.84 bits per heavy atom. The molecular weight excluding hydrogens is 246 g/mol. The number of nitrogens with zero attached hydrogens (tertiary/aromatic N) is 2. The SMILES string of the molecule is O=C(NC(C(=O)O)C1CC1)c1cn2ccccc2n1. The minimum absolute atomic E-state index is 0.0541. The first-order valence-corrected chi connectivity index (χ1v) is 6.12. The number of carboxylic acids is 1. The zero-order chi connectivity index (χ0) is 13.4. The van der Waals surface area contributed by atoms with Gasteiger partial charge in [0.2, 0.25) is 0 Å². The lowest BCUT2D eigenvalue weighted by atomic mass is 10.2. The van der Waals surface area contributed by atoms with Gasteiger partial charge < -0.3 is 14.8 Å². The van der Waals surface area contributed by atoms with E-state index in [1.54, 1.807) is 22.9 Å². The number of carboxylic acid groups (broad SMARTS) is 1. The molecule has 1 atom stereocenters. The van der Waals surface area contributed by atoms with Crippen LogP contribution in [0.25, 0.3) is 5.65 Å². The molecule has 2 N–H and O–H groups in total. The number of pyridine rings is 1. The Labute approximate surface area is 109 Å². The Kier molecular flexibility index (Phi) is 2.70. The van der Waals surface area contributed by atoms with Crippen LogP contribution in [0.15, 0.2) is 30.6 Å². The summed E-state index contributed by atoms with van der Waals surface area (Å²) in [7, 11) is 0. The van der Waals surface area contributed by atoms with Crippen molar-refractivity contribution in [3.8, 4) is 0 Å². The Balaban J connectivity index is 1.81. The number of rotatable bonds is 4. The van der Waals surface area contributed by atoms with Gasteiger partial charge in [-0.25, -0.2) is 9.78 Å². The van der Waals surface area contributed by atoms with Crippen molar-refractivity contribution in [3.63, 3.8) is 0 Å². The first-order chi connectivity index (χ1) is 9.15. The molecule has 1 saturated carbocycles. The van der Waals surface area contributed by atoms with Crippen LogP contribution >= 0.6 is 0 Å². The molecule has 6 heteroatoms. The lowest BCUT2D eigenvalue weighted by Crippen LogP contribution is -2.42. The fraction of sp³-hybridized carbons (Fsp3) is 0.308. The van der Waals surface area contributed by atoms with Gasteiger partial charge in [-0.3, -0.25) is 4.79 Å². The van der Waals surface area contributed by atoms with E-state index in [4.69, 9.17) is 5.11 Å². The van der Waals surface area contributed by atoms with E-state index in [0.29, 0.717) is 5.65 Å². The van der Waals surface area contributed by atoms with Crippen LogP contribution in [0.4, 0.5) is 0 Å². The van der Waals surface area contributed by atoms with Gasteiger partial charge >= 0.3 is 5.97 Å². The summed E-state index contributed by atoms with van der Waals surface area (Å²) in [6, 6.07) is 4.64. The number of amides is 1. The van der Waals surface area contributed by atoms with Gasteiger partial charge in [0, 0.05) is 12.4 Å². The van der Waals surface area contributed by atoms with Crippen molar-refractivity contribution in [1.29, 1.82) is 0 Å². The lowest BCUT2D eigenvalue weighted by Gasteiger charge is -2.11. The van der Waals surface area contributed by atoms with Crippen molar-refractivity contribution in [3.05, 3.63) is 36.3 Å². The molecule has 0 radical (unpaired) electrons. The molecule has 98 valence electrons. The average Bonchev–Trinajstić information content (AvgIpc) is 3.12. The Hall–Kier alpha value is -2.37. The van der Waals surface area contributed by atoms with Crippen molar-refractivity contribution in [1.82, 2.24) is 14.7 Å². The summed E-state index contributed by atoms with van der Waals surface area (Å²) >= 11 is 0. The van der Waals surface area contributed by atoms with E-state index in [2.05, 4.69) is 10.3 Å². The first-order valence-electron chi connectivity index (χ1n) is 6.12. The number of carbonyl (C=O) groups excluding carboxylic acids is 1. The third-order valence-electron chi connectivity index (χ3n) is 3.24. The van der Waals surface area contributed by atoms with Crippen LogP contribution in [-0.4, -0.2) is 32.4 Å². The van der Waals surface area contributed by atoms with E-state index >= 15 is 0 Å². The van der Waals surface area contributed by atoms with Crippen molar-refractivity contribution in [2.75, 3.05) is 0 Å². The molecule has 0 spiro atoms. The fourth-order valence-electron chi connectivity index (χ4n) is 2.07. The molecule has 0 aromatic carbocycles. The Morgan fingerprint density at radius 1 is 1.42 bits per heavy atom. The van der Waals surface area contributed by atoms with Crippen molar-refractivity contribution >= 4 is 17.5 Å². The third kappa shape index (κ3) is 2.29. The Bertz CT molecular complexity index is 612. The monoisotopic (exact) mass is 259 g/mol. The van der Waals surface area contributed by atoms with Crippen LogP contribution in [-0.2, 0) is 4.79 Å². The molecule has 2 heterocycles. The maximum absolute atomic E-state index is 12.0. The second-order valence-electron chi connectivity index (χ2n) is 4.72. The molecule has 1 unspecified atom stereocenters. The van der Waals surface area contributed by atoms with Crippen LogP contribution < -0.4 is 5.32 Å². The van der Waals surface area contributed by atoms with Crippen LogP contribution in [0.1, 0.15) is 23.3 Å². The molecule has 2 aromatic rings. The van der Waals surface area contributed by atoms with Gasteiger partial charge in [-0.2, -0.15) is 0 Å². The van der Waals surface area contributed by atoms with Crippen molar-refractivity contribution < 1.29 is 14.7 Å². The molecule has 1 fully saturated rings. The largest absolute Gasteiger partial charge is 0.480 e. The third-order valence-corrected chi connectivity index (χ3v) is 3.24.